The van der Waals surface area contributed by atoms with E-state index in [1.54, 1.807) is 18.7 Å². The van der Waals surface area contributed by atoms with Crippen molar-refractivity contribution in [3.05, 3.63) is 22.5 Å². The topological polar surface area (TPSA) is 103 Å². The Morgan fingerprint density at radius 3 is 2.19 bits per heavy atom. The standard InChI is InChI=1S/C14H21N3O4/c1-5-17(6-2)10(18)7-15-13(19)11-8(3)12(14(20)21)16-9(11)4/h16H,5-7H2,1-4H3,(H,15,19)(H,20,21). The van der Waals surface area contributed by atoms with Gasteiger partial charge in [-0.1, -0.05) is 0 Å². The van der Waals surface area contributed by atoms with Crippen LogP contribution in [0.1, 0.15) is 46.0 Å². The zero-order valence-corrected chi connectivity index (χ0v) is 12.7. The Balaban J connectivity index is 2.82. The van der Waals surface area contributed by atoms with Crippen molar-refractivity contribution in [3.63, 3.8) is 0 Å². The fourth-order valence-corrected chi connectivity index (χ4v) is 2.24. The number of rotatable bonds is 6. The van der Waals surface area contributed by atoms with Gasteiger partial charge < -0.3 is 20.3 Å². The van der Waals surface area contributed by atoms with Gasteiger partial charge in [0, 0.05) is 18.8 Å². The number of nitrogens with one attached hydrogen (secondary N) is 2. The number of aromatic carboxylic acids is 1. The van der Waals surface area contributed by atoms with Crippen LogP contribution in [0.15, 0.2) is 0 Å². The monoisotopic (exact) mass is 295 g/mol. The van der Waals surface area contributed by atoms with Crippen LogP contribution < -0.4 is 5.32 Å². The largest absolute Gasteiger partial charge is 0.477 e. The van der Waals surface area contributed by atoms with E-state index in [9.17, 15) is 14.4 Å². The van der Waals surface area contributed by atoms with E-state index in [0.717, 1.165) is 0 Å². The van der Waals surface area contributed by atoms with Gasteiger partial charge in [0.1, 0.15) is 5.69 Å². The number of H-pyrrole nitrogens is 1. The fourth-order valence-electron chi connectivity index (χ4n) is 2.24. The van der Waals surface area contributed by atoms with Crippen LogP contribution in [-0.2, 0) is 4.79 Å². The number of carboxylic acid groups (broad SMARTS) is 1. The van der Waals surface area contributed by atoms with Gasteiger partial charge in [0.25, 0.3) is 5.91 Å². The zero-order chi connectivity index (χ0) is 16.2. The number of likely N-dealkylation sites (N-methyl/N-ethyl adjacent to an activating group) is 1. The van der Waals surface area contributed by atoms with E-state index < -0.39 is 11.9 Å². The van der Waals surface area contributed by atoms with Crippen LogP contribution in [0.4, 0.5) is 0 Å². The number of carbonyl (C=O) groups excluding carboxylic acids is 2. The number of aryl methyl sites for hydroxylation is 1. The van der Waals surface area contributed by atoms with Gasteiger partial charge in [-0.05, 0) is 33.3 Å². The molecule has 0 aliphatic heterocycles. The van der Waals surface area contributed by atoms with E-state index >= 15 is 0 Å². The highest BCUT2D eigenvalue weighted by Crippen LogP contribution is 2.17. The Morgan fingerprint density at radius 2 is 1.76 bits per heavy atom. The number of carboxylic acids is 1. The average molecular weight is 295 g/mol. The molecule has 0 saturated carbocycles. The molecule has 1 aromatic heterocycles. The van der Waals surface area contributed by atoms with Gasteiger partial charge in [-0.2, -0.15) is 0 Å². The molecule has 0 unspecified atom stereocenters. The first-order valence-electron chi connectivity index (χ1n) is 6.81. The molecule has 0 aliphatic rings. The van der Waals surface area contributed by atoms with Crippen molar-refractivity contribution in [1.82, 2.24) is 15.2 Å². The number of carbonyl (C=O) groups is 3. The predicted molar refractivity (Wildman–Crippen MR) is 77.5 cm³/mol. The molecule has 1 rings (SSSR count). The minimum atomic E-state index is -1.12. The van der Waals surface area contributed by atoms with Crippen molar-refractivity contribution >= 4 is 17.8 Å². The Morgan fingerprint density at radius 1 is 1.19 bits per heavy atom. The van der Waals surface area contributed by atoms with Crippen molar-refractivity contribution in [3.8, 4) is 0 Å². The van der Waals surface area contributed by atoms with Crippen molar-refractivity contribution in [1.29, 1.82) is 0 Å². The Bertz CT molecular complexity index is 559. The van der Waals surface area contributed by atoms with Gasteiger partial charge in [-0.25, -0.2) is 4.79 Å². The SMILES string of the molecule is CCN(CC)C(=O)CNC(=O)c1c(C)[nH]c(C(=O)O)c1C. The molecule has 7 nitrogen and oxygen atoms in total. The quantitative estimate of drug-likeness (QED) is 0.726. The summed E-state index contributed by atoms with van der Waals surface area (Å²) in [6.07, 6.45) is 0. The first kappa shape index (κ1) is 16.7. The molecular weight excluding hydrogens is 274 g/mol. The maximum absolute atomic E-state index is 12.1. The lowest BCUT2D eigenvalue weighted by atomic mass is 10.1. The third-order valence-corrected chi connectivity index (χ3v) is 3.39. The van der Waals surface area contributed by atoms with Crippen LogP contribution in [0.2, 0.25) is 0 Å². The van der Waals surface area contributed by atoms with Crippen molar-refractivity contribution in [2.45, 2.75) is 27.7 Å². The number of aromatic nitrogens is 1. The molecule has 0 fully saturated rings. The molecule has 116 valence electrons. The Labute approximate surface area is 123 Å². The summed E-state index contributed by atoms with van der Waals surface area (Å²) in [5.41, 5.74) is 1.11. The van der Waals surface area contributed by atoms with Crippen LogP contribution in [0.25, 0.3) is 0 Å². The first-order valence-corrected chi connectivity index (χ1v) is 6.81. The fraction of sp³-hybridized carbons (Fsp3) is 0.500. The summed E-state index contributed by atoms with van der Waals surface area (Å²) < 4.78 is 0. The van der Waals surface area contributed by atoms with Gasteiger partial charge >= 0.3 is 5.97 Å². The number of nitrogens with zero attached hydrogens (tertiary/aromatic N) is 1. The summed E-state index contributed by atoms with van der Waals surface area (Å²) >= 11 is 0. The maximum Gasteiger partial charge on any atom is 0.352 e. The third kappa shape index (κ3) is 3.62. The molecule has 1 heterocycles. The Kier molecular flexibility index (Phi) is 5.52. The molecule has 0 bridgehead atoms. The molecule has 0 saturated heterocycles. The highest BCUT2D eigenvalue weighted by atomic mass is 16.4. The molecule has 1 aromatic rings. The van der Waals surface area contributed by atoms with Crippen LogP contribution in [0.3, 0.4) is 0 Å². The molecule has 7 heteroatoms. The third-order valence-electron chi connectivity index (χ3n) is 3.39. The lowest BCUT2D eigenvalue weighted by molar-refractivity contribution is -0.129. The normalized spacial score (nSPS) is 10.3. The van der Waals surface area contributed by atoms with Crippen LogP contribution in [-0.4, -0.2) is 52.4 Å². The van der Waals surface area contributed by atoms with E-state index in [2.05, 4.69) is 10.3 Å². The predicted octanol–water partition coefficient (Wildman–Crippen LogP) is 0.928. The molecule has 0 aromatic carbocycles. The van der Waals surface area contributed by atoms with Gasteiger partial charge in [-0.3, -0.25) is 9.59 Å². The second kappa shape index (κ2) is 6.92. The number of hydrogen-bond acceptors (Lipinski definition) is 3. The van der Waals surface area contributed by atoms with E-state index in [0.29, 0.717) is 24.3 Å². The molecule has 21 heavy (non-hydrogen) atoms. The molecule has 3 N–H and O–H groups in total. The summed E-state index contributed by atoms with van der Waals surface area (Å²) in [7, 11) is 0. The van der Waals surface area contributed by atoms with E-state index in [-0.39, 0.29) is 23.7 Å². The van der Waals surface area contributed by atoms with Gasteiger partial charge in [0.05, 0.1) is 12.1 Å². The Hall–Kier alpha value is -2.31. The van der Waals surface area contributed by atoms with Crippen LogP contribution in [0.5, 0.6) is 0 Å². The van der Waals surface area contributed by atoms with E-state index in [4.69, 9.17) is 5.11 Å². The molecule has 0 spiro atoms. The molecule has 0 radical (unpaired) electrons. The zero-order valence-electron chi connectivity index (χ0n) is 12.7. The van der Waals surface area contributed by atoms with Crippen molar-refractivity contribution in [2.24, 2.45) is 0 Å². The van der Waals surface area contributed by atoms with Crippen LogP contribution >= 0.6 is 0 Å². The molecule has 0 aliphatic carbocycles. The van der Waals surface area contributed by atoms with Gasteiger partial charge in [0.15, 0.2) is 0 Å². The maximum atomic E-state index is 12.1. The molecule has 0 atom stereocenters. The highest BCUT2D eigenvalue weighted by molar-refractivity contribution is 6.01. The number of aromatic amines is 1. The van der Waals surface area contributed by atoms with E-state index in [1.165, 1.54) is 0 Å². The van der Waals surface area contributed by atoms with Gasteiger partial charge in [0.2, 0.25) is 5.91 Å². The highest BCUT2D eigenvalue weighted by Gasteiger charge is 2.22. The lowest BCUT2D eigenvalue weighted by Crippen LogP contribution is -2.40. The molecule has 2 amide bonds. The van der Waals surface area contributed by atoms with Crippen molar-refractivity contribution < 1.29 is 19.5 Å². The van der Waals surface area contributed by atoms with E-state index in [1.807, 2.05) is 13.8 Å². The minimum Gasteiger partial charge on any atom is -0.477 e. The smallest absolute Gasteiger partial charge is 0.352 e. The van der Waals surface area contributed by atoms with Gasteiger partial charge in [-0.15, -0.1) is 0 Å². The minimum absolute atomic E-state index is 0.00674. The summed E-state index contributed by atoms with van der Waals surface area (Å²) in [4.78, 5) is 39.3. The summed E-state index contributed by atoms with van der Waals surface area (Å²) in [6, 6.07) is 0. The second-order valence-electron chi connectivity index (χ2n) is 4.68. The summed E-state index contributed by atoms with van der Waals surface area (Å²) in [5, 5.41) is 11.6. The average Bonchev–Trinajstić information content (AvgIpc) is 2.73. The van der Waals surface area contributed by atoms with Crippen molar-refractivity contribution in [2.75, 3.05) is 19.6 Å². The lowest BCUT2D eigenvalue weighted by Gasteiger charge is -2.18. The summed E-state index contributed by atoms with van der Waals surface area (Å²) in [5.74, 6) is -1.74. The second-order valence-corrected chi connectivity index (χ2v) is 4.68. The summed E-state index contributed by atoms with van der Waals surface area (Å²) in [6.45, 7) is 7.97. The molecular formula is C14H21N3O4. The number of amides is 2. The number of hydrogen-bond donors (Lipinski definition) is 3. The first-order chi connectivity index (χ1) is 9.83. The van der Waals surface area contributed by atoms with Crippen LogP contribution in [0, 0.1) is 13.8 Å².